The van der Waals surface area contributed by atoms with Crippen molar-refractivity contribution < 1.29 is 0 Å². The fourth-order valence-corrected chi connectivity index (χ4v) is 2.68. The molecule has 0 aliphatic carbocycles. The summed E-state index contributed by atoms with van der Waals surface area (Å²) in [6.07, 6.45) is 2.44. The van der Waals surface area contributed by atoms with E-state index in [9.17, 15) is 0 Å². The van der Waals surface area contributed by atoms with Gasteiger partial charge in [0.15, 0.2) is 0 Å². The molecule has 1 atom stereocenters. The molecular weight excluding hydrogens is 284 g/mol. The first-order chi connectivity index (χ1) is 5.83. The summed E-state index contributed by atoms with van der Waals surface area (Å²) >= 11 is 2.30. The highest BCUT2D eigenvalue weighted by Gasteiger charge is 2.02. The maximum atomic E-state index is 5.77. The van der Waals surface area contributed by atoms with E-state index in [1.165, 1.54) is 0 Å². The fraction of sp³-hybridized carbons (Fsp3) is 0. The summed E-state index contributed by atoms with van der Waals surface area (Å²) in [6.45, 7) is 0. The minimum absolute atomic E-state index is 0.625. The smallest absolute Gasteiger partial charge is 0.0750 e. The molecule has 0 amide bonds. The molecule has 12 heavy (non-hydrogen) atoms. The lowest BCUT2D eigenvalue weighted by molar-refractivity contribution is 1.04. The van der Waals surface area contributed by atoms with Gasteiger partial charge in [-0.2, -0.15) is 5.10 Å². The van der Waals surface area contributed by atoms with Gasteiger partial charge in [0.2, 0.25) is 0 Å². The number of aromatic nitrogens is 2. The Morgan fingerprint density at radius 2 is 2.33 bits per heavy atom. The Balaban J connectivity index is 2.80. The highest BCUT2D eigenvalue weighted by Crippen LogP contribution is 2.29. The van der Waals surface area contributed by atoms with Crippen LogP contribution in [0.4, 0.5) is 5.69 Å². The molecule has 2 rings (SSSR count). The summed E-state index contributed by atoms with van der Waals surface area (Å²) in [7, 11) is 0. The standard InChI is InChI=1S/C7H7IN3P/c8-12-11-7-3-1-2-6(9)5(7)4-10-11/h1-4,12H,9H2. The Labute approximate surface area is 84.6 Å². The average Bonchev–Trinajstić information content (AvgIpc) is 2.49. The molecule has 2 N–H and O–H groups in total. The van der Waals surface area contributed by atoms with Crippen LogP contribution in [0, 0.1) is 0 Å². The van der Waals surface area contributed by atoms with Crippen molar-refractivity contribution in [2.45, 2.75) is 0 Å². The number of hydrogen-bond acceptors (Lipinski definition) is 2. The van der Waals surface area contributed by atoms with Gasteiger partial charge in [0.25, 0.3) is 0 Å². The second-order valence-corrected chi connectivity index (χ2v) is 4.46. The van der Waals surface area contributed by atoms with E-state index in [4.69, 9.17) is 5.73 Å². The molecule has 0 spiro atoms. The average molecular weight is 291 g/mol. The third-order valence-corrected chi connectivity index (χ3v) is 3.61. The van der Waals surface area contributed by atoms with E-state index in [0.717, 1.165) is 16.6 Å². The van der Waals surface area contributed by atoms with Gasteiger partial charge in [-0.15, -0.1) is 0 Å². The molecule has 1 aromatic carbocycles. The van der Waals surface area contributed by atoms with Gasteiger partial charge in [0, 0.05) is 11.1 Å². The first-order valence-corrected chi connectivity index (χ1v) is 7.48. The number of nitrogens with two attached hydrogens (primary N) is 1. The zero-order chi connectivity index (χ0) is 8.55. The lowest BCUT2D eigenvalue weighted by Crippen LogP contribution is -1.85. The summed E-state index contributed by atoms with van der Waals surface area (Å²) in [6, 6.07) is 5.88. The molecule has 0 radical (unpaired) electrons. The van der Waals surface area contributed by atoms with Crippen LogP contribution in [0.25, 0.3) is 10.9 Å². The Kier molecular flexibility index (Phi) is 2.19. The summed E-state index contributed by atoms with van der Waals surface area (Å²) in [5.74, 6) is 0. The van der Waals surface area contributed by atoms with Crippen molar-refractivity contribution in [3.63, 3.8) is 0 Å². The number of anilines is 1. The van der Waals surface area contributed by atoms with Gasteiger partial charge in [-0.25, -0.2) is 4.45 Å². The van der Waals surface area contributed by atoms with Gasteiger partial charge < -0.3 is 5.73 Å². The van der Waals surface area contributed by atoms with Gasteiger partial charge in [0.1, 0.15) is 0 Å². The quantitative estimate of drug-likeness (QED) is 0.498. The summed E-state index contributed by atoms with van der Waals surface area (Å²) in [5.41, 5.74) is 7.68. The molecule has 5 heteroatoms. The molecular formula is C7H7IN3P. The van der Waals surface area contributed by atoms with Crippen LogP contribution in [0.2, 0.25) is 0 Å². The van der Waals surface area contributed by atoms with Gasteiger partial charge in [-0.3, -0.25) is 0 Å². The molecule has 62 valence electrons. The van der Waals surface area contributed by atoms with Crippen molar-refractivity contribution in [3.8, 4) is 0 Å². The van der Waals surface area contributed by atoms with Crippen LogP contribution >= 0.6 is 28.4 Å². The first-order valence-electron chi connectivity index (χ1n) is 3.42. The topological polar surface area (TPSA) is 43.8 Å². The summed E-state index contributed by atoms with van der Waals surface area (Å²) in [4.78, 5) is 0. The van der Waals surface area contributed by atoms with Crippen LogP contribution in [0.15, 0.2) is 24.4 Å². The van der Waals surface area contributed by atoms with E-state index < -0.39 is 0 Å². The number of halogens is 1. The van der Waals surface area contributed by atoms with Crippen molar-refractivity contribution >= 4 is 45.0 Å². The SMILES string of the molecule is Nc1cccc2c1cnn2PI. The minimum Gasteiger partial charge on any atom is -0.398 e. The predicted octanol–water partition coefficient (Wildman–Crippen LogP) is 2.41. The lowest BCUT2D eigenvalue weighted by Gasteiger charge is -1.97. The van der Waals surface area contributed by atoms with Crippen LogP contribution < -0.4 is 5.73 Å². The van der Waals surface area contributed by atoms with E-state index in [-0.39, 0.29) is 0 Å². The van der Waals surface area contributed by atoms with Crippen molar-refractivity contribution in [1.29, 1.82) is 0 Å². The molecule has 0 aliphatic rings. The van der Waals surface area contributed by atoms with Crippen LogP contribution in [0.3, 0.4) is 0 Å². The van der Waals surface area contributed by atoms with Crippen molar-refractivity contribution in [1.82, 2.24) is 9.55 Å². The zero-order valence-corrected chi connectivity index (χ0v) is 9.32. The molecule has 0 saturated heterocycles. The Bertz CT molecular complexity index is 412. The summed E-state index contributed by atoms with van der Waals surface area (Å²) in [5, 5.41) is 5.26. The third-order valence-electron chi connectivity index (χ3n) is 1.73. The normalized spacial score (nSPS) is 11.8. The molecule has 0 saturated carbocycles. The van der Waals surface area contributed by atoms with Crippen molar-refractivity contribution in [2.24, 2.45) is 0 Å². The number of fused-ring (bicyclic) bond motifs is 1. The van der Waals surface area contributed by atoms with Crippen LogP contribution in [-0.2, 0) is 0 Å². The molecule has 1 aromatic heterocycles. The van der Waals surface area contributed by atoms with E-state index in [2.05, 4.69) is 27.1 Å². The van der Waals surface area contributed by atoms with Crippen molar-refractivity contribution in [2.75, 3.05) is 5.73 Å². The Morgan fingerprint density at radius 3 is 3.08 bits per heavy atom. The third kappa shape index (κ3) is 1.19. The maximum Gasteiger partial charge on any atom is 0.0750 e. The highest BCUT2D eigenvalue weighted by atomic mass is 127. The summed E-state index contributed by atoms with van der Waals surface area (Å²) < 4.78 is 1.95. The van der Waals surface area contributed by atoms with E-state index >= 15 is 0 Å². The predicted molar refractivity (Wildman–Crippen MR) is 61.9 cm³/mol. The molecule has 1 unspecified atom stereocenters. The largest absolute Gasteiger partial charge is 0.398 e. The Hall–Kier alpha value is -0.350. The number of benzene rings is 1. The molecule has 2 aromatic rings. The molecule has 0 bridgehead atoms. The lowest BCUT2D eigenvalue weighted by atomic mass is 10.2. The molecule has 1 heterocycles. The second-order valence-electron chi connectivity index (χ2n) is 2.42. The van der Waals surface area contributed by atoms with Gasteiger partial charge in [0.05, 0.1) is 18.1 Å². The van der Waals surface area contributed by atoms with E-state index in [0.29, 0.717) is 6.37 Å². The molecule has 3 nitrogen and oxygen atoms in total. The van der Waals surface area contributed by atoms with Gasteiger partial charge in [-0.05, 0) is 34.2 Å². The number of rotatable bonds is 1. The fourth-order valence-electron chi connectivity index (χ4n) is 1.14. The van der Waals surface area contributed by atoms with Crippen LogP contribution in [0.5, 0.6) is 0 Å². The van der Waals surface area contributed by atoms with Crippen molar-refractivity contribution in [3.05, 3.63) is 24.4 Å². The van der Waals surface area contributed by atoms with Crippen LogP contribution in [-0.4, -0.2) is 9.55 Å². The second kappa shape index (κ2) is 3.18. The zero-order valence-electron chi connectivity index (χ0n) is 6.16. The van der Waals surface area contributed by atoms with E-state index in [1.807, 2.05) is 28.8 Å². The first kappa shape index (κ1) is 8.26. The monoisotopic (exact) mass is 291 g/mol. The number of nitrogen functional groups attached to an aromatic ring is 1. The number of hydrogen-bond donors (Lipinski definition) is 1. The minimum atomic E-state index is 0.625. The van der Waals surface area contributed by atoms with Crippen LogP contribution in [0.1, 0.15) is 0 Å². The number of nitrogens with zero attached hydrogens (tertiary/aromatic N) is 2. The molecule has 0 fully saturated rings. The molecule has 0 aliphatic heterocycles. The van der Waals surface area contributed by atoms with Gasteiger partial charge >= 0.3 is 0 Å². The van der Waals surface area contributed by atoms with Gasteiger partial charge in [-0.1, -0.05) is 6.07 Å². The van der Waals surface area contributed by atoms with E-state index in [1.54, 1.807) is 0 Å². The maximum absolute atomic E-state index is 5.77. The highest BCUT2D eigenvalue weighted by molar-refractivity contribution is 14.2. The Morgan fingerprint density at radius 1 is 1.50 bits per heavy atom.